The van der Waals surface area contributed by atoms with Gasteiger partial charge in [0.05, 0.1) is 10.4 Å². The maximum atomic E-state index is 11.0. The summed E-state index contributed by atoms with van der Waals surface area (Å²) < 4.78 is 1.97. The number of hydrogen-bond acceptors (Lipinski definition) is 5. The lowest BCUT2D eigenvalue weighted by Crippen LogP contribution is -2.09. The van der Waals surface area contributed by atoms with Crippen LogP contribution in [0.1, 0.15) is 11.5 Å². The molecule has 0 unspecified atom stereocenters. The Balaban J connectivity index is 1.87. The first kappa shape index (κ1) is 15.0. The molecule has 1 N–H and O–H groups in total. The molecule has 2 aromatic heterocycles. The molecule has 0 saturated carbocycles. The monoisotopic (exact) mass is 311 g/mol. The molecule has 3 aromatic rings. The Labute approximate surface area is 133 Å². The van der Waals surface area contributed by atoms with Crippen molar-refractivity contribution in [1.82, 2.24) is 14.5 Å². The molecule has 0 spiro atoms. The van der Waals surface area contributed by atoms with Crippen LogP contribution in [-0.4, -0.2) is 26.0 Å². The second-order valence-corrected chi connectivity index (χ2v) is 5.40. The van der Waals surface area contributed by atoms with Crippen LogP contribution >= 0.6 is 0 Å². The zero-order valence-electron chi connectivity index (χ0n) is 13.0. The summed E-state index contributed by atoms with van der Waals surface area (Å²) in [6, 6.07) is 6.63. The summed E-state index contributed by atoms with van der Waals surface area (Å²) in [7, 11) is 1.96. The molecule has 0 atom stereocenters. The van der Waals surface area contributed by atoms with Gasteiger partial charge >= 0.3 is 0 Å². The largest absolute Gasteiger partial charge is 0.384 e. The zero-order valence-corrected chi connectivity index (χ0v) is 13.0. The lowest BCUT2D eigenvalue weighted by molar-refractivity contribution is -0.384. The summed E-state index contributed by atoms with van der Waals surface area (Å²) in [5.41, 5.74) is 2.53. The Morgan fingerprint density at radius 2 is 2.17 bits per heavy atom. The number of non-ortho nitro benzene ring substituents is 1. The quantitative estimate of drug-likeness (QED) is 0.578. The van der Waals surface area contributed by atoms with Crippen LogP contribution in [0.3, 0.4) is 0 Å². The molecule has 0 bridgehead atoms. The lowest BCUT2D eigenvalue weighted by atomic mass is 10.1. The number of nitrogens with one attached hydrogen (secondary N) is 1. The third-order valence-corrected chi connectivity index (χ3v) is 3.72. The molecule has 0 aliphatic carbocycles. The Hall–Kier alpha value is -2.96. The molecular weight excluding hydrogens is 294 g/mol. The molecule has 0 radical (unpaired) electrons. The fraction of sp³-hybridized carbons (Fsp3) is 0.250. The van der Waals surface area contributed by atoms with E-state index < -0.39 is 4.92 Å². The summed E-state index contributed by atoms with van der Waals surface area (Å²) in [6.07, 6.45) is 4.44. The van der Waals surface area contributed by atoms with E-state index in [1.807, 2.05) is 30.8 Å². The number of rotatable bonds is 5. The molecule has 7 heteroatoms. The van der Waals surface area contributed by atoms with Crippen LogP contribution in [-0.2, 0) is 13.5 Å². The highest BCUT2D eigenvalue weighted by Gasteiger charge is 2.11. The number of nitrogens with zero attached hydrogens (tertiary/aromatic N) is 4. The first-order valence-electron chi connectivity index (χ1n) is 7.30. The van der Waals surface area contributed by atoms with Crippen molar-refractivity contribution < 1.29 is 4.92 Å². The summed E-state index contributed by atoms with van der Waals surface area (Å²) in [4.78, 5) is 19.3. The molecule has 1 aromatic carbocycles. The topological polar surface area (TPSA) is 85.9 Å². The summed E-state index contributed by atoms with van der Waals surface area (Å²) in [5, 5.41) is 15.1. The van der Waals surface area contributed by atoms with Crippen molar-refractivity contribution in [2.24, 2.45) is 7.05 Å². The molecular formula is C16H17N5O2. The average molecular weight is 311 g/mol. The maximum Gasteiger partial charge on any atom is 0.270 e. The number of aryl methyl sites for hydroxylation is 2. The number of fused-ring (bicyclic) bond motifs is 1. The Kier molecular flexibility index (Phi) is 3.92. The minimum absolute atomic E-state index is 0.0651. The van der Waals surface area contributed by atoms with E-state index in [-0.39, 0.29) is 5.69 Å². The predicted octanol–water partition coefficient (Wildman–Crippen LogP) is 2.84. The molecule has 23 heavy (non-hydrogen) atoms. The average Bonchev–Trinajstić information content (AvgIpc) is 2.92. The van der Waals surface area contributed by atoms with Crippen molar-refractivity contribution >= 4 is 22.3 Å². The number of hydrogen-bond donors (Lipinski definition) is 1. The van der Waals surface area contributed by atoms with Gasteiger partial charge in [-0.1, -0.05) is 0 Å². The van der Waals surface area contributed by atoms with Gasteiger partial charge in [-0.15, -0.1) is 0 Å². The normalized spacial score (nSPS) is 10.9. The van der Waals surface area contributed by atoms with Crippen LogP contribution in [0.2, 0.25) is 0 Å². The minimum atomic E-state index is -0.392. The van der Waals surface area contributed by atoms with Crippen LogP contribution < -0.4 is 5.32 Å². The first-order valence-corrected chi connectivity index (χ1v) is 7.30. The van der Waals surface area contributed by atoms with Gasteiger partial charge in [0, 0.05) is 61.3 Å². The molecule has 118 valence electrons. The highest BCUT2D eigenvalue weighted by Crippen LogP contribution is 2.27. The van der Waals surface area contributed by atoms with E-state index >= 15 is 0 Å². The van der Waals surface area contributed by atoms with Gasteiger partial charge in [0.15, 0.2) is 0 Å². The molecule has 2 heterocycles. The van der Waals surface area contributed by atoms with Gasteiger partial charge in [0.1, 0.15) is 5.82 Å². The molecule has 3 rings (SSSR count). The Morgan fingerprint density at radius 1 is 1.35 bits per heavy atom. The van der Waals surface area contributed by atoms with Crippen LogP contribution in [0.25, 0.3) is 10.9 Å². The van der Waals surface area contributed by atoms with Gasteiger partial charge in [-0.3, -0.25) is 15.1 Å². The van der Waals surface area contributed by atoms with E-state index in [0.29, 0.717) is 6.54 Å². The number of benzene rings is 1. The van der Waals surface area contributed by atoms with E-state index in [2.05, 4.69) is 15.3 Å². The highest BCUT2D eigenvalue weighted by atomic mass is 16.6. The fourth-order valence-corrected chi connectivity index (χ4v) is 2.55. The molecule has 0 amide bonds. The van der Waals surface area contributed by atoms with Crippen molar-refractivity contribution in [2.75, 3.05) is 11.9 Å². The number of nitro benzene ring substituents is 1. The van der Waals surface area contributed by atoms with E-state index in [0.717, 1.165) is 34.5 Å². The predicted molar refractivity (Wildman–Crippen MR) is 88.5 cm³/mol. The second kappa shape index (κ2) is 6.04. The summed E-state index contributed by atoms with van der Waals surface area (Å²) in [6.45, 7) is 2.59. The van der Waals surface area contributed by atoms with Crippen molar-refractivity contribution in [3.05, 3.63) is 58.3 Å². The Morgan fingerprint density at radius 3 is 2.87 bits per heavy atom. The van der Waals surface area contributed by atoms with Gasteiger partial charge in [-0.2, -0.15) is 0 Å². The third kappa shape index (κ3) is 3.13. The Bertz CT molecular complexity index is 872. The molecule has 0 saturated heterocycles. The number of anilines is 1. The van der Waals surface area contributed by atoms with Crippen molar-refractivity contribution in [3.63, 3.8) is 0 Å². The number of imidazole rings is 1. The number of nitro groups is 1. The molecule has 0 fully saturated rings. The van der Waals surface area contributed by atoms with Crippen LogP contribution in [0.4, 0.5) is 11.4 Å². The second-order valence-electron chi connectivity index (χ2n) is 5.40. The lowest BCUT2D eigenvalue weighted by Gasteiger charge is -2.11. The summed E-state index contributed by atoms with van der Waals surface area (Å²) >= 11 is 0. The SMILES string of the molecule is Cc1cc(NCCc2nccn2C)c2cc([N+](=O)[O-])ccc2n1. The van der Waals surface area contributed by atoms with Crippen LogP contribution in [0, 0.1) is 17.0 Å². The fourth-order valence-electron chi connectivity index (χ4n) is 2.55. The van der Waals surface area contributed by atoms with Gasteiger partial charge in [0.25, 0.3) is 5.69 Å². The van der Waals surface area contributed by atoms with Gasteiger partial charge < -0.3 is 9.88 Å². The number of pyridine rings is 1. The van der Waals surface area contributed by atoms with Crippen molar-refractivity contribution in [3.8, 4) is 0 Å². The zero-order chi connectivity index (χ0) is 16.4. The van der Waals surface area contributed by atoms with E-state index in [9.17, 15) is 10.1 Å². The van der Waals surface area contributed by atoms with Crippen LogP contribution in [0.15, 0.2) is 36.7 Å². The molecule has 0 aliphatic rings. The van der Waals surface area contributed by atoms with Gasteiger partial charge in [-0.25, -0.2) is 4.98 Å². The van der Waals surface area contributed by atoms with Crippen molar-refractivity contribution in [2.45, 2.75) is 13.3 Å². The number of aromatic nitrogens is 3. The third-order valence-electron chi connectivity index (χ3n) is 3.72. The maximum absolute atomic E-state index is 11.0. The van der Waals surface area contributed by atoms with Crippen molar-refractivity contribution in [1.29, 1.82) is 0 Å². The van der Waals surface area contributed by atoms with Gasteiger partial charge in [-0.05, 0) is 19.1 Å². The molecule has 7 nitrogen and oxygen atoms in total. The smallest absolute Gasteiger partial charge is 0.270 e. The molecule has 0 aliphatic heterocycles. The van der Waals surface area contributed by atoms with Gasteiger partial charge in [0.2, 0.25) is 0 Å². The first-order chi connectivity index (χ1) is 11.0. The standard InChI is InChI=1S/C16H17N5O2/c1-11-9-15(17-6-5-16-18-7-8-20(16)2)13-10-12(21(22)23)3-4-14(13)19-11/h3-4,7-10H,5-6H2,1-2H3,(H,17,19). The van der Waals surface area contributed by atoms with Crippen LogP contribution in [0.5, 0.6) is 0 Å². The summed E-state index contributed by atoms with van der Waals surface area (Å²) in [5.74, 6) is 0.985. The minimum Gasteiger partial charge on any atom is -0.384 e. The van der Waals surface area contributed by atoms with E-state index in [4.69, 9.17) is 0 Å². The van der Waals surface area contributed by atoms with E-state index in [1.165, 1.54) is 6.07 Å². The van der Waals surface area contributed by atoms with E-state index in [1.54, 1.807) is 18.3 Å². The highest BCUT2D eigenvalue weighted by molar-refractivity contribution is 5.93.